The summed E-state index contributed by atoms with van der Waals surface area (Å²) in [5, 5.41) is 8.36. The lowest BCUT2D eigenvalue weighted by Crippen LogP contribution is -2.01. The molecular weight excluding hydrogens is 194 g/mol. The second kappa shape index (κ2) is 6.06. The number of rotatable bonds is 6. The van der Waals surface area contributed by atoms with E-state index >= 15 is 0 Å². The number of nitrogens with zero attached hydrogens (tertiary/aromatic N) is 3. The molecule has 0 saturated heterocycles. The smallest absolute Gasteiger partial charge is 0.0807 e. The summed E-state index contributed by atoms with van der Waals surface area (Å²) in [7, 11) is 0. The van der Waals surface area contributed by atoms with Crippen LogP contribution in [0.25, 0.3) is 0 Å². The molecular formula is C10H19N3S. The highest BCUT2D eigenvalue weighted by atomic mass is 32.2. The Balaban J connectivity index is 2.21. The van der Waals surface area contributed by atoms with Gasteiger partial charge in [-0.15, -0.1) is 9.30 Å². The average molecular weight is 213 g/mol. The first-order valence-electron chi connectivity index (χ1n) is 5.28. The van der Waals surface area contributed by atoms with Crippen LogP contribution in [0.15, 0.2) is 6.20 Å². The van der Waals surface area contributed by atoms with Gasteiger partial charge in [0.05, 0.1) is 11.9 Å². The van der Waals surface area contributed by atoms with Gasteiger partial charge >= 0.3 is 0 Å². The van der Waals surface area contributed by atoms with E-state index in [-0.39, 0.29) is 0 Å². The third-order valence-corrected chi connectivity index (χ3v) is 3.30. The van der Waals surface area contributed by atoms with E-state index < -0.39 is 0 Å². The third-order valence-electron chi connectivity index (χ3n) is 2.47. The molecule has 0 aliphatic rings. The molecule has 0 fully saturated rings. The van der Waals surface area contributed by atoms with Crippen molar-refractivity contribution in [2.45, 2.75) is 40.0 Å². The predicted molar refractivity (Wildman–Crippen MR) is 61.3 cm³/mol. The zero-order chi connectivity index (χ0) is 10.4. The van der Waals surface area contributed by atoms with E-state index in [1.165, 1.54) is 19.3 Å². The van der Waals surface area contributed by atoms with Crippen molar-refractivity contribution in [3.05, 3.63) is 11.9 Å². The molecule has 0 unspecified atom stereocenters. The standard InChI is InChI=1S/C10H19N3S/c1-4-10(5-2)6-7-14-13-11-8-9(3)12-13/h8,10H,4-7H2,1-3H3. The molecule has 0 aliphatic carbocycles. The quantitative estimate of drug-likeness (QED) is 0.728. The minimum Gasteiger partial charge on any atom is -0.150 e. The lowest BCUT2D eigenvalue weighted by atomic mass is 10.0. The summed E-state index contributed by atoms with van der Waals surface area (Å²) in [6.07, 6.45) is 5.62. The van der Waals surface area contributed by atoms with Crippen LogP contribution in [0.2, 0.25) is 0 Å². The lowest BCUT2D eigenvalue weighted by Gasteiger charge is -2.10. The summed E-state index contributed by atoms with van der Waals surface area (Å²) < 4.78 is 1.72. The van der Waals surface area contributed by atoms with Gasteiger partial charge in [0.2, 0.25) is 0 Å². The SMILES string of the molecule is CCC(CC)CCSn1ncc(C)n1. The van der Waals surface area contributed by atoms with Gasteiger partial charge in [0.1, 0.15) is 0 Å². The monoisotopic (exact) mass is 213 g/mol. The first kappa shape index (κ1) is 11.6. The highest BCUT2D eigenvalue weighted by Crippen LogP contribution is 2.16. The van der Waals surface area contributed by atoms with Gasteiger partial charge < -0.3 is 0 Å². The molecule has 0 saturated carbocycles. The van der Waals surface area contributed by atoms with Crippen molar-refractivity contribution in [1.82, 2.24) is 14.4 Å². The first-order chi connectivity index (χ1) is 6.76. The zero-order valence-electron chi connectivity index (χ0n) is 9.23. The minimum absolute atomic E-state index is 0.860. The van der Waals surface area contributed by atoms with Crippen molar-refractivity contribution in [3.8, 4) is 0 Å². The summed E-state index contributed by atoms with van der Waals surface area (Å²) in [6, 6.07) is 0. The fourth-order valence-electron chi connectivity index (χ4n) is 1.38. The molecule has 0 aromatic carbocycles. The Morgan fingerprint density at radius 2 is 2.14 bits per heavy atom. The maximum atomic E-state index is 4.23. The summed E-state index contributed by atoms with van der Waals surface area (Å²) >= 11 is 1.69. The maximum absolute atomic E-state index is 4.23. The normalized spacial score (nSPS) is 11.1. The molecule has 1 rings (SSSR count). The summed E-state index contributed by atoms with van der Waals surface area (Å²) in [5.41, 5.74) is 0.986. The van der Waals surface area contributed by atoms with Crippen LogP contribution in [0.3, 0.4) is 0 Å². The van der Waals surface area contributed by atoms with Crippen molar-refractivity contribution in [3.63, 3.8) is 0 Å². The van der Waals surface area contributed by atoms with E-state index in [1.54, 1.807) is 22.3 Å². The number of aryl methyl sites for hydroxylation is 1. The van der Waals surface area contributed by atoms with Crippen molar-refractivity contribution < 1.29 is 0 Å². The van der Waals surface area contributed by atoms with Gasteiger partial charge in [-0.3, -0.25) is 0 Å². The fourth-order valence-corrected chi connectivity index (χ4v) is 2.28. The Morgan fingerprint density at radius 3 is 2.64 bits per heavy atom. The van der Waals surface area contributed by atoms with Crippen molar-refractivity contribution >= 4 is 11.9 Å². The van der Waals surface area contributed by atoms with Crippen LogP contribution in [0.1, 0.15) is 38.8 Å². The van der Waals surface area contributed by atoms with Crippen LogP contribution >= 0.6 is 11.9 Å². The molecule has 4 heteroatoms. The Morgan fingerprint density at radius 1 is 1.43 bits per heavy atom. The molecule has 14 heavy (non-hydrogen) atoms. The van der Waals surface area contributed by atoms with Gasteiger partial charge in [-0.2, -0.15) is 5.10 Å². The molecule has 0 aliphatic heterocycles. The van der Waals surface area contributed by atoms with E-state index in [1.807, 2.05) is 6.92 Å². The van der Waals surface area contributed by atoms with Crippen LogP contribution < -0.4 is 0 Å². The molecule has 0 radical (unpaired) electrons. The molecule has 0 spiro atoms. The molecule has 1 aromatic rings. The van der Waals surface area contributed by atoms with E-state index in [0.29, 0.717) is 0 Å². The Bertz CT molecular complexity index is 256. The number of hydrogen-bond acceptors (Lipinski definition) is 3. The van der Waals surface area contributed by atoms with Crippen LogP contribution in [-0.4, -0.2) is 20.2 Å². The van der Waals surface area contributed by atoms with Crippen LogP contribution in [0, 0.1) is 12.8 Å². The Hall–Kier alpha value is -0.510. The maximum Gasteiger partial charge on any atom is 0.0807 e. The molecule has 80 valence electrons. The summed E-state index contributed by atoms with van der Waals surface area (Å²) in [4.78, 5) is 0. The molecule has 3 nitrogen and oxygen atoms in total. The van der Waals surface area contributed by atoms with E-state index in [4.69, 9.17) is 0 Å². The first-order valence-corrected chi connectivity index (χ1v) is 6.22. The Labute approximate surface area is 90.4 Å². The fraction of sp³-hybridized carbons (Fsp3) is 0.800. The molecule has 0 atom stereocenters. The topological polar surface area (TPSA) is 30.7 Å². The van der Waals surface area contributed by atoms with Crippen LogP contribution in [-0.2, 0) is 0 Å². The van der Waals surface area contributed by atoms with Gasteiger partial charge in [0.25, 0.3) is 0 Å². The molecule has 1 aromatic heterocycles. The van der Waals surface area contributed by atoms with Gasteiger partial charge in [-0.05, 0) is 31.2 Å². The highest BCUT2D eigenvalue weighted by molar-refractivity contribution is 7.97. The van der Waals surface area contributed by atoms with E-state index in [9.17, 15) is 0 Å². The molecule has 1 heterocycles. The predicted octanol–water partition coefficient (Wildman–Crippen LogP) is 2.91. The molecule has 0 amide bonds. The average Bonchev–Trinajstić information content (AvgIpc) is 2.59. The summed E-state index contributed by atoms with van der Waals surface area (Å²) in [5.74, 6) is 1.97. The van der Waals surface area contributed by atoms with Gasteiger partial charge in [0.15, 0.2) is 0 Å². The van der Waals surface area contributed by atoms with E-state index in [2.05, 4.69) is 24.0 Å². The zero-order valence-corrected chi connectivity index (χ0v) is 10.0. The summed E-state index contributed by atoms with van der Waals surface area (Å²) in [6.45, 7) is 6.48. The van der Waals surface area contributed by atoms with Gasteiger partial charge in [0, 0.05) is 5.75 Å². The second-order valence-electron chi connectivity index (χ2n) is 3.54. The number of hydrogen-bond donors (Lipinski definition) is 0. The molecule has 0 bridgehead atoms. The van der Waals surface area contributed by atoms with Crippen LogP contribution in [0.5, 0.6) is 0 Å². The van der Waals surface area contributed by atoms with Gasteiger partial charge in [-0.1, -0.05) is 26.7 Å². The highest BCUT2D eigenvalue weighted by Gasteiger charge is 2.04. The van der Waals surface area contributed by atoms with Crippen molar-refractivity contribution in [1.29, 1.82) is 0 Å². The van der Waals surface area contributed by atoms with Gasteiger partial charge in [-0.25, -0.2) is 0 Å². The van der Waals surface area contributed by atoms with Crippen LogP contribution in [0.4, 0.5) is 0 Å². The molecule has 0 N–H and O–H groups in total. The largest absolute Gasteiger partial charge is 0.150 e. The lowest BCUT2D eigenvalue weighted by molar-refractivity contribution is 0.480. The minimum atomic E-state index is 0.860. The van der Waals surface area contributed by atoms with Crippen molar-refractivity contribution in [2.24, 2.45) is 5.92 Å². The third kappa shape index (κ3) is 3.70. The second-order valence-corrected chi connectivity index (χ2v) is 4.54. The van der Waals surface area contributed by atoms with E-state index in [0.717, 1.165) is 17.4 Å². The number of aromatic nitrogens is 3. The van der Waals surface area contributed by atoms with Crippen molar-refractivity contribution in [2.75, 3.05) is 5.75 Å². The Kier molecular flexibility index (Phi) is 5.01.